The molecule has 2 heterocycles. The average Bonchev–Trinajstić information content (AvgIpc) is 3.13. The highest BCUT2D eigenvalue weighted by Crippen LogP contribution is 2.31. The second kappa shape index (κ2) is 9.78. The van der Waals surface area contributed by atoms with E-state index in [1.807, 2.05) is 30.5 Å². The molecule has 8 nitrogen and oxygen atoms in total. The maximum Gasteiger partial charge on any atom is 0.338 e. The SMILES string of the molecule is CCOC(=O)C1=C(C)N=c2sc(=Cc3ccccc3[N+](=O)[O-])c(=O)n2C1c1ccc(SC)cc1. The van der Waals surface area contributed by atoms with Crippen molar-refractivity contribution in [3.05, 3.63) is 101 Å². The lowest BCUT2D eigenvalue weighted by Crippen LogP contribution is -2.39. The van der Waals surface area contributed by atoms with Crippen molar-refractivity contribution >= 4 is 40.8 Å². The number of aromatic nitrogens is 1. The van der Waals surface area contributed by atoms with Gasteiger partial charge in [0.25, 0.3) is 11.2 Å². The first-order chi connectivity index (χ1) is 16.3. The zero-order valence-corrected chi connectivity index (χ0v) is 20.3. The standard InChI is InChI=1S/C24H21N3O5S2/c1-4-32-23(29)20-14(2)25-24-26(21(20)15-9-11-17(33-3)12-10-15)22(28)19(34-24)13-16-7-5-6-8-18(16)27(30)31/h5-13,21H,4H2,1-3H3. The number of thiazole rings is 1. The molecule has 2 aromatic carbocycles. The van der Waals surface area contributed by atoms with Crippen LogP contribution < -0.4 is 14.9 Å². The first-order valence-electron chi connectivity index (χ1n) is 10.4. The number of rotatable bonds is 6. The second-order valence-corrected chi connectivity index (χ2v) is 9.28. The van der Waals surface area contributed by atoms with Gasteiger partial charge in [0, 0.05) is 11.0 Å². The van der Waals surface area contributed by atoms with Crippen molar-refractivity contribution in [2.45, 2.75) is 24.8 Å². The minimum absolute atomic E-state index is 0.0964. The first kappa shape index (κ1) is 23.7. The molecule has 3 aromatic rings. The molecule has 0 aliphatic carbocycles. The number of carbonyl (C=O) groups excluding carboxylic acids is 1. The summed E-state index contributed by atoms with van der Waals surface area (Å²) in [6, 6.07) is 13.1. The van der Waals surface area contributed by atoms with E-state index in [-0.39, 0.29) is 22.4 Å². The summed E-state index contributed by atoms with van der Waals surface area (Å²) in [6.45, 7) is 3.63. The number of fused-ring (bicyclic) bond motifs is 1. The molecule has 0 saturated heterocycles. The van der Waals surface area contributed by atoms with Gasteiger partial charge in [-0.1, -0.05) is 35.6 Å². The number of hydrogen-bond donors (Lipinski definition) is 0. The minimum atomic E-state index is -0.723. The smallest absolute Gasteiger partial charge is 0.338 e. The van der Waals surface area contributed by atoms with Crippen LogP contribution in [-0.2, 0) is 9.53 Å². The predicted molar refractivity (Wildman–Crippen MR) is 132 cm³/mol. The number of nitrogens with zero attached hydrogens (tertiary/aromatic N) is 3. The highest BCUT2D eigenvalue weighted by atomic mass is 32.2. The van der Waals surface area contributed by atoms with Gasteiger partial charge in [0.05, 0.1) is 38.9 Å². The molecule has 1 unspecified atom stereocenters. The Morgan fingerprint density at radius 2 is 1.97 bits per heavy atom. The zero-order valence-electron chi connectivity index (χ0n) is 18.7. The monoisotopic (exact) mass is 495 g/mol. The van der Waals surface area contributed by atoms with Crippen LogP contribution in [0.15, 0.2) is 74.5 Å². The van der Waals surface area contributed by atoms with E-state index in [0.29, 0.717) is 21.6 Å². The Kier molecular flexibility index (Phi) is 6.80. The van der Waals surface area contributed by atoms with Gasteiger partial charge >= 0.3 is 5.97 Å². The van der Waals surface area contributed by atoms with Gasteiger partial charge in [0.2, 0.25) is 0 Å². The molecule has 0 radical (unpaired) electrons. The van der Waals surface area contributed by atoms with E-state index in [0.717, 1.165) is 21.8 Å². The van der Waals surface area contributed by atoms with Crippen LogP contribution >= 0.6 is 23.1 Å². The number of ether oxygens (including phenoxy) is 1. The van der Waals surface area contributed by atoms with E-state index in [1.54, 1.807) is 43.8 Å². The number of nitro benzene ring substituents is 1. The Hall–Kier alpha value is -3.50. The van der Waals surface area contributed by atoms with Crippen LogP contribution in [0.25, 0.3) is 6.08 Å². The molecule has 1 aliphatic rings. The van der Waals surface area contributed by atoms with Gasteiger partial charge in [-0.05, 0) is 49.9 Å². The molecule has 1 atom stereocenters. The van der Waals surface area contributed by atoms with Crippen molar-refractivity contribution in [1.82, 2.24) is 4.57 Å². The van der Waals surface area contributed by atoms with Gasteiger partial charge in [-0.25, -0.2) is 9.79 Å². The Bertz CT molecular complexity index is 1490. The molecule has 0 amide bonds. The van der Waals surface area contributed by atoms with Crippen LogP contribution in [-0.4, -0.2) is 28.3 Å². The molecule has 10 heteroatoms. The third-order valence-corrected chi connectivity index (χ3v) is 7.10. The molecular formula is C24H21N3O5S2. The summed E-state index contributed by atoms with van der Waals surface area (Å²) in [5.74, 6) is -0.532. The zero-order chi connectivity index (χ0) is 24.4. The normalized spacial score (nSPS) is 15.6. The van der Waals surface area contributed by atoms with Crippen LogP contribution in [0.5, 0.6) is 0 Å². The number of para-hydroxylation sites is 1. The van der Waals surface area contributed by atoms with Crippen molar-refractivity contribution < 1.29 is 14.5 Å². The summed E-state index contributed by atoms with van der Waals surface area (Å²) in [6.07, 6.45) is 3.47. The molecule has 0 fully saturated rings. The lowest BCUT2D eigenvalue weighted by molar-refractivity contribution is -0.385. The maximum atomic E-state index is 13.6. The van der Waals surface area contributed by atoms with Crippen molar-refractivity contribution in [2.24, 2.45) is 4.99 Å². The second-order valence-electron chi connectivity index (χ2n) is 7.39. The van der Waals surface area contributed by atoms with E-state index in [9.17, 15) is 19.7 Å². The first-order valence-corrected chi connectivity index (χ1v) is 12.5. The summed E-state index contributed by atoms with van der Waals surface area (Å²) in [5.41, 5.74) is 1.35. The average molecular weight is 496 g/mol. The molecule has 34 heavy (non-hydrogen) atoms. The van der Waals surface area contributed by atoms with E-state index in [4.69, 9.17) is 4.74 Å². The fourth-order valence-corrected chi connectivity index (χ4v) is 5.26. The molecular weight excluding hydrogens is 474 g/mol. The third kappa shape index (κ3) is 4.34. The number of allylic oxidation sites excluding steroid dienone is 1. The number of thioether (sulfide) groups is 1. The molecule has 1 aromatic heterocycles. The van der Waals surface area contributed by atoms with Crippen molar-refractivity contribution in [2.75, 3.05) is 12.9 Å². The highest BCUT2D eigenvalue weighted by Gasteiger charge is 2.33. The van der Waals surface area contributed by atoms with Gasteiger partial charge < -0.3 is 4.74 Å². The maximum absolute atomic E-state index is 13.6. The summed E-state index contributed by atoms with van der Waals surface area (Å²) in [5, 5.41) is 11.4. The van der Waals surface area contributed by atoms with Crippen LogP contribution in [0.3, 0.4) is 0 Å². The van der Waals surface area contributed by atoms with Crippen LogP contribution in [0.4, 0.5) is 5.69 Å². The Morgan fingerprint density at radius 3 is 2.62 bits per heavy atom. The van der Waals surface area contributed by atoms with Gasteiger partial charge in [0.1, 0.15) is 0 Å². The van der Waals surface area contributed by atoms with Crippen molar-refractivity contribution in [3.63, 3.8) is 0 Å². The summed E-state index contributed by atoms with van der Waals surface area (Å²) in [4.78, 5) is 43.4. The van der Waals surface area contributed by atoms with E-state index in [1.165, 1.54) is 16.7 Å². The number of carbonyl (C=O) groups is 1. The molecule has 1 aliphatic heterocycles. The van der Waals surface area contributed by atoms with Crippen LogP contribution in [0, 0.1) is 10.1 Å². The molecule has 4 rings (SSSR count). The number of benzene rings is 2. The third-order valence-electron chi connectivity index (χ3n) is 5.37. The van der Waals surface area contributed by atoms with Gasteiger partial charge in [-0.3, -0.25) is 19.5 Å². The summed E-state index contributed by atoms with van der Waals surface area (Å²) < 4.78 is 7.05. The van der Waals surface area contributed by atoms with E-state index >= 15 is 0 Å². The topological polar surface area (TPSA) is 104 Å². The van der Waals surface area contributed by atoms with Gasteiger partial charge in [-0.15, -0.1) is 11.8 Å². The predicted octanol–water partition coefficient (Wildman–Crippen LogP) is 3.43. The lowest BCUT2D eigenvalue weighted by Gasteiger charge is -2.24. The van der Waals surface area contributed by atoms with Crippen LogP contribution in [0.2, 0.25) is 0 Å². The Morgan fingerprint density at radius 1 is 1.26 bits per heavy atom. The largest absolute Gasteiger partial charge is 0.463 e. The quantitative estimate of drug-likeness (QED) is 0.225. The van der Waals surface area contributed by atoms with Crippen molar-refractivity contribution in [3.8, 4) is 0 Å². The molecule has 0 N–H and O–H groups in total. The van der Waals surface area contributed by atoms with Crippen molar-refractivity contribution in [1.29, 1.82) is 0 Å². The van der Waals surface area contributed by atoms with Gasteiger partial charge in [0.15, 0.2) is 4.80 Å². The Labute approximate surface area is 203 Å². The van der Waals surface area contributed by atoms with E-state index < -0.39 is 16.9 Å². The molecule has 0 saturated carbocycles. The molecule has 174 valence electrons. The summed E-state index contributed by atoms with van der Waals surface area (Å²) >= 11 is 2.72. The number of nitro groups is 1. The minimum Gasteiger partial charge on any atom is -0.463 e. The Balaban J connectivity index is 1.96. The van der Waals surface area contributed by atoms with Crippen LogP contribution in [0.1, 0.15) is 31.0 Å². The molecule has 0 spiro atoms. The fourth-order valence-electron chi connectivity index (χ4n) is 3.81. The molecule has 0 bridgehead atoms. The fraction of sp³-hybridized carbons (Fsp3) is 0.208. The highest BCUT2D eigenvalue weighted by molar-refractivity contribution is 7.98. The van der Waals surface area contributed by atoms with Gasteiger partial charge in [-0.2, -0.15) is 0 Å². The lowest BCUT2D eigenvalue weighted by atomic mass is 9.96. The van der Waals surface area contributed by atoms with E-state index in [2.05, 4.69) is 4.99 Å². The number of hydrogen-bond acceptors (Lipinski definition) is 8. The summed E-state index contributed by atoms with van der Waals surface area (Å²) in [7, 11) is 0. The number of esters is 1.